The molecule has 21 heavy (non-hydrogen) atoms. The van der Waals surface area contributed by atoms with Crippen molar-refractivity contribution in [2.24, 2.45) is 11.1 Å². The lowest BCUT2D eigenvalue weighted by molar-refractivity contribution is -0.128. The molecule has 0 saturated heterocycles. The monoisotopic (exact) mass is 313 g/mol. The Morgan fingerprint density at radius 1 is 1.29 bits per heavy atom. The van der Waals surface area contributed by atoms with Crippen LogP contribution in [0.25, 0.3) is 0 Å². The van der Waals surface area contributed by atoms with Gasteiger partial charge in [-0.3, -0.25) is 4.79 Å². The maximum Gasteiger partial charge on any atom is 0.233 e. The number of carbonyl (C=O) groups is 1. The Morgan fingerprint density at radius 2 is 1.86 bits per heavy atom. The number of nitrogens with zero attached hydrogens (tertiary/aromatic N) is 1. The average Bonchev–Trinajstić information content (AvgIpc) is 2.69. The van der Waals surface area contributed by atoms with E-state index in [2.05, 4.69) is 31.1 Å². The van der Waals surface area contributed by atoms with Gasteiger partial charge in [-0.25, -0.2) is 0 Å². The maximum absolute atomic E-state index is 12.6. The molecule has 1 aliphatic rings. The summed E-state index contributed by atoms with van der Waals surface area (Å²) in [7, 11) is 2.11. The third-order valence-corrected chi connectivity index (χ3v) is 5.11. The van der Waals surface area contributed by atoms with E-state index in [0.29, 0.717) is 17.6 Å². The molecule has 0 bridgehead atoms. The van der Waals surface area contributed by atoms with Crippen molar-refractivity contribution >= 4 is 23.1 Å². The first-order chi connectivity index (χ1) is 9.90. The predicted octanol–water partition coefficient (Wildman–Crippen LogP) is 2.46. The Hall–Kier alpha value is -0.680. The number of carbonyl (C=O) groups excluding carboxylic acids is 1. The van der Waals surface area contributed by atoms with Crippen molar-refractivity contribution in [2.45, 2.75) is 64.8 Å². The minimum absolute atomic E-state index is 0.0455. The average molecular weight is 314 g/mol. The molecule has 122 valence electrons. The van der Waals surface area contributed by atoms with Crippen LogP contribution in [-0.4, -0.2) is 42.0 Å². The van der Waals surface area contributed by atoms with Crippen molar-refractivity contribution in [3.8, 4) is 0 Å². The van der Waals surface area contributed by atoms with Crippen molar-refractivity contribution in [2.75, 3.05) is 20.1 Å². The van der Waals surface area contributed by atoms with Crippen molar-refractivity contribution in [3.05, 3.63) is 0 Å². The van der Waals surface area contributed by atoms with E-state index >= 15 is 0 Å². The number of amides is 1. The number of hydrogen-bond acceptors (Lipinski definition) is 3. The molecule has 0 aromatic heterocycles. The van der Waals surface area contributed by atoms with Crippen LogP contribution < -0.4 is 11.1 Å². The van der Waals surface area contributed by atoms with Gasteiger partial charge in [0.15, 0.2) is 0 Å². The van der Waals surface area contributed by atoms with E-state index in [-0.39, 0.29) is 5.91 Å². The molecule has 5 heteroatoms. The molecule has 1 rings (SSSR count). The highest BCUT2D eigenvalue weighted by Crippen LogP contribution is 2.35. The summed E-state index contributed by atoms with van der Waals surface area (Å²) in [5, 5.41) is 3.06. The lowest BCUT2D eigenvalue weighted by Crippen LogP contribution is -2.49. The third kappa shape index (κ3) is 5.22. The van der Waals surface area contributed by atoms with Gasteiger partial charge < -0.3 is 16.0 Å². The summed E-state index contributed by atoms with van der Waals surface area (Å²) in [6.45, 7) is 6.02. The predicted molar refractivity (Wildman–Crippen MR) is 92.3 cm³/mol. The van der Waals surface area contributed by atoms with Crippen LogP contribution in [0.15, 0.2) is 0 Å². The summed E-state index contributed by atoms with van der Waals surface area (Å²) >= 11 is 5.23. The minimum atomic E-state index is -0.601. The molecule has 1 saturated carbocycles. The van der Waals surface area contributed by atoms with E-state index < -0.39 is 5.41 Å². The summed E-state index contributed by atoms with van der Waals surface area (Å²) in [5.74, 6) is 0.0455. The SMILES string of the molecule is CC(C)N(C)CCCNC(=O)C1(C(N)=S)CCCCCC1. The Labute approximate surface area is 134 Å². The van der Waals surface area contributed by atoms with Gasteiger partial charge in [-0.1, -0.05) is 37.9 Å². The van der Waals surface area contributed by atoms with Crippen molar-refractivity contribution in [1.29, 1.82) is 0 Å². The quantitative estimate of drug-likeness (QED) is 0.431. The highest BCUT2D eigenvalue weighted by atomic mass is 32.1. The minimum Gasteiger partial charge on any atom is -0.392 e. The Balaban J connectivity index is 2.48. The van der Waals surface area contributed by atoms with Crippen LogP contribution in [0, 0.1) is 5.41 Å². The van der Waals surface area contributed by atoms with E-state index in [1.54, 1.807) is 0 Å². The second kappa shape index (κ2) is 8.69. The molecule has 0 unspecified atom stereocenters. The van der Waals surface area contributed by atoms with Crippen molar-refractivity contribution in [3.63, 3.8) is 0 Å². The summed E-state index contributed by atoms with van der Waals surface area (Å²) in [4.78, 5) is 15.3. The molecular formula is C16H31N3OS. The van der Waals surface area contributed by atoms with Crippen molar-refractivity contribution in [1.82, 2.24) is 10.2 Å². The first-order valence-electron chi connectivity index (χ1n) is 8.18. The second-order valence-electron chi connectivity index (χ2n) is 6.54. The van der Waals surface area contributed by atoms with Crippen molar-refractivity contribution < 1.29 is 4.79 Å². The van der Waals surface area contributed by atoms with Crippen LogP contribution in [0.3, 0.4) is 0 Å². The summed E-state index contributed by atoms with van der Waals surface area (Å²) in [6.07, 6.45) is 7.00. The lowest BCUT2D eigenvalue weighted by atomic mass is 9.79. The standard InChI is InChI=1S/C16H31N3OS/c1-13(2)19(3)12-8-11-18-15(20)16(14(17)21)9-6-4-5-7-10-16/h13H,4-12H2,1-3H3,(H2,17,21)(H,18,20). The number of nitrogens with two attached hydrogens (primary N) is 1. The number of thiocarbonyl (C=S) groups is 1. The summed E-state index contributed by atoms with van der Waals surface area (Å²) < 4.78 is 0. The van der Waals surface area contributed by atoms with Gasteiger partial charge in [-0.2, -0.15) is 0 Å². The normalized spacial score (nSPS) is 18.5. The van der Waals surface area contributed by atoms with Crippen LogP contribution in [0.5, 0.6) is 0 Å². The zero-order valence-corrected chi connectivity index (χ0v) is 14.6. The Morgan fingerprint density at radius 3 is 2.33 bits per heavy atom. The van der Waals surface area contributed by atoms with Crippen LogP contribution in [-0.2, 0) is 4.79 Å². The molecular weight excluding hydrogens is 282 g/mol. The molecule has 1 aliphatic carbocycles. The smallest absolute Gasteiger partial charge is 0.233 e. The van der Waals surface area contributed by atoms with E-state index in [1.807, 2.05) is 0 Å². The molecule has 0 aliphatic heterocycles. The van der Waals surface area contributed by atoms with Gasteiger partial charge in [0.2, 0.25) is 5.91 Å². The largest absolute Gasteiger partial charge is 0.392 e. The fourth-order valence-electron chi connectivity index (χ4n) is 2.88. The first-order valence-corrected chi connectivity index (χ1v) is 8.59. The first kappa shape index (κ1) is 18.4. The zero-order valence-electron chi connectivity index (χ0n) is 13.8. The number of rotatable bonds is 7. The topological polar surface area (TPSA) is 58.4 Å². The number of hydrogen-bond donors (Lipinski definition) is 2. The molecule has 1 fully saturated rings. The Kier molecular flexibility index (Phi) is 7.60. The molecule has 0 radical (unpaired) electrons. The van der Waals surface area contributed by atoms with Crippen LogP contribution >= 0.6 is 12.2 Å². The lowest BCUT2D eigenvalue weighted by Gasteiger charge is -2.30. The number of nitrogens with one attached hydrogen (secondary N) is 1. The molecule has 0 heterocycles. The van der Waals surface area contributed by atoms with E-state index in [1.165, 1.54) is 12.8 Å². The molecule has 0 aromatic rings. The second-order valence-corrected chi connectivity index (χ2v) is 6.98. The van der Waals surface area contributed by atoms with Gasteiger partial charge >= 0.3 is 0 Å². The van der Waals surface area contributed by atoms with Gasteiger partial charge in [0, 0.05) is 12.6 Å². The summed E-state index contributed by atoms with van der Waals surface area (Å²) in [5.41, 5.74) is 5.33. The van der Waals surface area contributed by atoms with E-state index in [4.69, 9.17) is 18.0 Å². The van der Waals surface area contributed by atoms with Crippen LogP contribution in [0.1, 0.15) is 58.8 Å². The third-order valence-electron chi connectivity index (χ3n) is 4.72. The Bertz CT molecular complexity index is 349. The molecule has 0 spiro atoms. The van der Waals surface area contributed by atoms with Gasteiger partial charge in [0.25, 0.3) is 0 Å². The van der Waals surface area contributed by atoms with Crippen LogP contribution in [0.2, 0.25) is 0 Å². The van der Waals surface area contributed by atoms with E-state index in [9.17, 15) is 4.79 Å². The zero-order chi connectivity index (χ0) is 15.9. The molecule has 4 nitrogen and oxygen atoms in total. The molecule has 1 amide bonds. The fourth-order valence-corrected chi connectivity index (χ4v) is 3.17. The fraction of sp³-hybridized carbons (Fsp3) is 0.875. The van der Waals surface area contributed by atoms with E-state index in [0.717, 1.165) is 38.6 Å². The van der Waals surface area contributed by atoms with Gasteiger partial charge in [0.05, 0.1) is 10.4 Å². The highest BCUT2D eigenvalue weighted by Gasteiger charge is 2.41. The maximum atomic E-state index is 12.6. The highest BCUT2D eigenvalue weighted by molar-refractivity contribution is 7.80. The van der Waals surface area contributed by atoms with Gasteiger partial charge in [-0.15, -0.1) is 0 Å². The van der Waals surface area contributed by atoms with Crippen LogP contribution in [0.4, 0.5) is 0 Å². The van der Waals surface area contributed by atoms with Gasteiger partial charge in [-0.05, 0) is 46.7 Å². The molecule has 0 atom stereocenters. The molecule has 3 N–H and O–H groups in total. The molecule has 0 aromatic carbocycles. The summed E-state index contributed by atoms with van der Waals surface area (Å²) in [6, 6.07) is 0.533. The van der Waals surface area contributed by atoms with Gasteiger partial charge in [0.1, 0.15) is 0 Å².